The Hall–Kier alpha value is -2.20. The first-order valence-electron chi connectivity index (χ1n) is 7.42. The van der Waals surface area contributed by atoms with E-state index in [1.807, 2.05) is 18.2 Å². The molecule has 0 aliphatic rings. The zero-order chi connectivity index (χ0) is 16.0. The van der Waals surface area contributed by atoms with Crippen molar-refractivity contribution in [2.24, 2.45) is 0 Å². The molecular weight excluding hydrogens is 276 g/mol. The number of aromatic nitrogens is 1. The molecule has 116 valence electrons. The molecule has 0 radical (unpaired) electrons. The standard InChI is InChI=1S/C18H22N2O2/c1-18(2,15-6-4-3-5-7-15)10-8-17(22)20-16-12-19-11-9-14(16)13-21/h3-7,9,11-12,21H,8,10,13H2,1-2H3,(H,20,22). The van der Waals surface area contributed by atoms with Crippen LogP contribution in [-0.4, -0.2) is 16.0 Å². The predicted octanol–water partition coefficient (Wildman–Crippen LogP) is 3.27. The second kappa shape index (κ2) is 7.18. The highest BCUT2D eigenvalue weighted by atomic mass is 16.3. The molecule has 0 saturated carbocycles. The Balaban J connectivity index is 1.95. The van der Waals surface area contributed by atoms with Crippen LogP contribution in [0.1, 0.15) is 37.8 Å². The molecule has 4 heteroatoms. The van der Waals surface area contributed by atoms with Gasteiger partial charge in [-0.15, -0.1) is 0 Å². The molecule has 0 fully saturated rings. The fraction of sp³-hybridized carbons (Fsp3) is 0.333. The molecule has 0 aliphatic carbocycles. The van der Waals surface area contributed by atoms with Crippen LogP contribution in [0.25, 0.3) is 0 Å². The molecule has 1 aromatic heterocycles. The maximum atomic E-state index is 12.1. The molecule has 0 saturated heterocycles. The number of hydrogen-bond acceptors (Lipinski definition) is 3. The summed E-state index contributed by atoms with van der Waals surface area (Å²) in [4.78, 5) is 16.1. The van der Waals surface area contributed by atoms with E-state index >= 15 is 0 Å². The maximum Gasteiger partial charge on any atom is 0.224 e. The lowest BCUT2D eigenvalue weighted by molar-refractivity contribution is -0.116. The number of carbonyl (C=O) groups excluding carboxylic acids is 1. The van der Waals surface area contributed by atoms with Gasteiger partial charge < -0.3 is 10.4 Å². The van der Waals surface area contributed by atoms with Gasteiger partial charge in [0, 0.05) is 18.2 Å². The van der Waals surface area contributed by atoms with E-state index < -0.39 is 0 Å². The van der Waals surface area contributed by atoms with E-state index in [4.69, 9.17) is 0 Å². The number of rotatable bonds is 6. The summed E-state index contributed by atoms with van der Waals surface area (Å²) >= 11 is 0. The average molecular weight is 298 g/mol. The van der Waals surface area contributed by atoms with Crippen molar-refractivity contribution in [3.63, 3.8) is 0 Å². The summed E-state index contributed by atoms with van der Waals surface area (Å²) in [5.74, 6) is -0.0632. The van der Waals surface area contributed by atoms with Crippen LogP contribution in [0.5, 0.6) is 0 Å². The number of nitrogens with zero attached hydrogens (tertiary/aromatic N) is 1. The molecule has 1 amide bonds. The number of amides is 1. The Bertz CT molecular complexity index is 624. The van der Waals surface area contributed by atoms with Gasteiger partial charge in [-0.3, -0.25) is 9.78 Å². The number of aliphatic hydroxyl groups is 1. The molecule has 2 N–H and O–H groups in total. The lowest BCUT2D eigenvalue weighted by Crippen LogP contribution is -2.21. The van der Waals surface area contributed by atoms with Gasteiger partial charge in [-0.05, 0) is 23.5 Å². The monoisotopic (exact) mass is 298 g/mol. The predicted molar refractivity (Wildman–Crippen MR) is 87.5 cm³/mol. The Morgan fingerprint density at radius 2 is 1.95 bits per heavy atom. The minimum atomic E-state index is -0.117. The van der Waals surface area contributed by atoms with E-state index in [-0.39, 0.29) is 17.9 Å². The van der Waals surface area contributed by atoms with Crippen LogP contribution in [0.15, 0.2) is 48.8 Å². The van der Waals surface area contributed by atoms with E-state index in [0.29, 0.717) is 17.7 Å². The number of anilines is 1. The van der Waals surface area contributed by atoms with Gasteiger partial charge in [-0.2, -0.15) is 0 Å². The Labute approximate surface area is 131 Å². The number of pyridine rings is 1. The van der Waals surface area contributed by atoms with E-state index in [2.05, 4.69) is 36.3 Å². The lowest BCUT2D eigenvalue weighted by Gasteiger charge is -2.25. The summed E-state index contributed by atoms with van der Waals surface area (Å²) in [5, 5.41) is 12.1. The highest BCUT2D eigenvalue weighted by Gasteiger charge is 2.21. The van der Waals surface area contributed by atoms with Gasteiger partial charge in [-0.1, -0.05) is 44.2 Å². The molecule has 1 aromatic carbocycles. The topological polar surface area (TPSA) is 62.2 Å². The molecule has 2 rings (SSSR count). The van der Waals surface area contributed by atoms with Crippen LogP contribution < -0.4 is 5.32 Å². The first-order valence-corrected chi connectivity index (χ1v) is 7.42. The zero-order valence-electron chi connectivity index (χ0n) is 13.0. The van der Waals surface area contributed by atoms with Crippen LogP contribution in [0.2, 0.25) is 0 Å². The van der Waals surface area contributed by atoms with Crippen LogP contribution in [0, 0.1) is 0 Å². The van der Waals surface area contributed by atoms with E-state index in [1.54, 1.807) is 18.5 Å². The lowest BCUT2D eigenvalue weighted by atomic mass is 9.80. The minimum Gasteiger partial charge on any atom is -0.392 e. The third-order valence-corrected chi connectivity index (χ3v) is 3.89. The molecular formula is C18H22N2O2. The number of nitrogens with one attached hydrogen (secondary N) is 1. The van der Waals surface area contributed by atoms with Crippen LogP contribution in [0.4, 0.5) is 5.69 Å². The zero-order valence-corrected chi connectivity index (χ0v) is 13.0. The number of carbonyl (C=O) groups is 1. The van der Waals surface area contributed by atoms with Crippen molar-refractivity contribution in [1.29, 1.82) is 0 Å². The second-order valence-electron chi connectivity index (χ2n) is 5.99. The number of hydrogen-bond donors (Lipinski definition) is 2. The summed E-state index contributed by atoms with van der Waals surface area (Å²) in [6, 6.07) is 11.9. The molecule has 0 aliphatic heterocycles. The largest absolute Gasteiger partial charge is 0.392 e. The van der Waals surface area contributed by atoms with Crippen molar-refractivity contribution >= 4 is 11.6 Å². The number of benzene rings is 1. The molecule has 0 bridgehead atoms. The Morgan fingerprint density at radius 1 is 1.23 bits per heavy atom. The third-order valence-electron chi connectivity index (χ3n) is 3.89. The van der Waals surface area contributed by atoms with E-state index in [1.165, 1.54) is 5.56 Å². The van der Waals surface area contributed by atoms with Crippen molar-refractivity contribution in [1.82, 2.24) is 4.98 Å². The molecule has 2 aromatic rings. The molecule has 22 heavy (non-hydrogen) atoms. The fourth-order valence-corrected chi connectivity index (χ4v) is 2.35. The molecule has 1 heterocycles. The summed E-state index contributed by atoms with van der Waals surface area (Å²) in [6.07, 6.45) is 4.32. The van der Waals surface area contributed by atoms with Gasteiger partial charge >= 0.3 is 0 Å². The van der Waals surface area contributed by atoms with Crippen LogP contribution in [0.3, 0.4) is 0 Å². The number of aliphatic hydroxyl groups excluding tert-OH is 1. The van der Waals surface area contributed by atoms with Gasteiger partial charge in [0.15, 0.2) is 0 Å². The Morgan fingerprint density at radius 3 is 2.64 bits per heavy atom. The van der Waals surface area contributed by atoms with E-state index in [0.717, 1.165) is 6.42 Å². The maximum absolute atomic E-state index is 12.1. The van der Waals surface area contributed by atoms with Gasteiger partial charge in [0.2, 0.25) is 5.91 Å². The van der Waals surface area contributed by atoms with Gasteiger partial charge in [0.1, 0.15) is 0 Å². The van der Waals surface area contributed by atoms with Gasteiger partial charge in [0.25, 0.3) is 0 Å². The molecule has 0 unspecified atom stereocenters. The summed E-state index contributed by atoms with van der Waals surface area (Å²) < 4.78 is 0. The van der Waals surface area contributed by atoms with Crippen molar-refractivity contribution in [3.05, 3.63) is 59.9 Å². The third kappa shape index (κ3) is 4.15. The molecule has 4 nitrogen and oxygen atoms in total. The van der Waals surface area contributed by atoms with Crippen molar-refractivity contribution in [3.8, 4) is 0 Å². The average Bonchev–Trinajstić information content (AvgIpc) is 2.54. The smallest absolute Gasteiger partial charge is 0.224 e. The van der Waals surface area contributed by atoms with Crippen LogP contribution >= 0.6 is 0 Å². The normalized spacial score (nSPS) is 11.2. The van der Waals surface area contributed by atoms with Gasteiger partial charge in [0.05, 0.1) is 18.5 Å². The van der Waals surface area contributed by atoms with Gasteiger partial charge in [-0.25, -0.2) is 0 Å². The highest BCUT2D eigenvalue weighted by molar-refractivity contribution is 5.91. The van der Waals surface area contributed by atoms with E-state index in [9.17, 15) is 9.90 Å². The second-order valence-corrected chi connectivity index (χ2v) is 5.99. The quantitative estimate of drug-likeness (QED) is 0.860. The summed E-state index contributed by atoms with van der Waals surface area (Å²) in [6.45, 7) is 4.16. The van der Waals surface area contributed by atoms with Crippen molar-refractivity contribution in [2.45, 2.75) is 38.7 Å². The van der Waals surface area contributed by atoms with Crippen molar-refractivity contribution < 1.29 is 9.90 Å². The first-order chi connectivity index (χ1) is 10.5. The summed E-state index contributed by atoms with van der Waals surface area (Å²) in [5.41, 5.74) is 2.41. The summed E-state index contributed by atoms with van der Waals surface area (Å²) in [7, 11) is 0. The van der Waals surface area contributed by atoms with Crippen LogP contribution in [-0.2, 0) is 16.8 Å². The SMILES string of the molecule is CC(C)(CCC(=O)Nc1cnccc1CO)c1ccccc1. The molecule has 0 atom stereocenters. The minimum absolute atomic E-state index is 0.0622. The molecule has 0 spiro atoms. The van der Waals surface area contributed by atoms with Crippen molar-refractivity contribution in [2.75, 3.05) is 5.32 Å². The fourth-order valence-electron chi connectivity index (χ4n) is 2.35. The first kappa shape index (κ1) is 16.2. The highest BCUT2D eigenvalue weighted by Crippen LogP contribution is 2.28. The Kier molecular flexibility index (Phi) is 5.28.